The molecule has 41 heavy (non-hydrogen) atoms. The molecule has 0 saturated heterocycles. The molecule has 2 heterocycles. The number of benzene rings is 1. The second-order valence-electron chi connectivity index (χ2n) is 10.3. The number of hydrogen-bond donors (Lipinski definition) is 8. The van der Waals surface area contributed by atoms with E-state index in [2.05, 4.69) is 30.9 Å². The number of amides is 4. The predicted molar refractivity (Wildman–Crippen MR) is 149 cm³/mol. The van der Waals surface area contributed by atoms with E-state index in [0.29, 0.717) is 5.69 Å². The number of aromatic nitrogens is 3. The van der Waals surface area contributed by atoms with Gasteiger partial charge < -0.3 is 42.5 Å². The van der Waals surface area contributed by atoms with Gasteiger partial charge in [-0.3, -0.25) is 19.2 Å². The lowest BCUT2D eigenvalue weighted by atomic mass is 10.0. The van der Waals surface area contributed by atoms with E-state index >= 15 is 0 Å². The van der Waals surface area contributed by atoms with Crippen LogP contribution >= 0.6 is 0 Å². The number of carboxylic acid groups (broad SMARTS) is 1. The quantitative estimate of drug-likeness (QED) is 0.118. The molecule has 0 aliphatic rings. The number of primary amides is 1. The van der Waals surface area contributed by atoms with Crippen LogP contribution in [0.4, 0.5) is 0 Å². The lowest BCUT2D eigenvalue weighted by Crippen LogP contribution is -2.58. The number of carbonyl (C=O) groups is 5. The Balaban J connectivity index is 1.75. The molecule has 0 spiro atoms. The molecule has 0 aliphatic heterocycles. The summed E-state index contributed by atoms with van der Waals surface area (Å²) in [7, 11) is 0. The van der Waals surface area contributed by atoms with E-state index in [1.54, 1.807) is 6.20 Å². The number of nitrogens with one attached hydrogen (secondary N) is 5. The number of para-hydroxylation sites is 1. The molecule has 3 aromatic rings. The van der Waals surface area contributed by atoms with Gasteiger partial charge in [0.25, 0.3) is 0 Å². The highest BCUT2D eigenvalue weighted by molar-refractivity contribution is 5.95. The molecule has 0 saturated carbocycles. The van der Waals surface area contributed by atoms with Crippen molar-refractivity contribution in [3.8, 4) is 0 Å². The molecule has 0 aliphatic carbocycles. The molecule has 14 heteroatoms. The summed E-state index contributed by atoms with van der Waals surface area (Å²) in [5, 5.41) is 17.9. The van der Waals surface area contributed by atoms with Crippen molar-refractivity contribution in [3.63, 3.8) is 0 Å². The third-order valence-electron chi connectivity index (χ3n) is 6.42. The van der Waals surface area contributed by atoms with Crippen LogP contribution in [0, 0.1) is 5.92 Å². The molecule has 10 N–H and O–H groups in total. The molecule has 4 unspecified atom stereocenters. The number of carboxylic acids is 1. The molecular weight excluding hydrogens is 532 g/mol. The number of hydrogen-bond acceptors (Lipinski definition) is 7. The number of nitrogens with zero attached hydrogens (tertiary/aromatic N) is 1. The molecule has 0 bridgehead atoms. The van der Waals surface area contributed by atoms with Crippen molar-refractivity contribution >= 4 is 40.5 Å². The maximum atomic E-state index is 13.4. The van der Waals surface area contributed by atoms with Gasteiger partial charge in [0.05, 0.1) is 18.8 Å². The van der Waals surface area contributed by atoms with Crippen LogP contribution in [0.5, 0.6) is 0 Å². The smallest absolute Gasteiger partial charge is 0.326 e. The Morgan fingerprint density at radius 1 is 0.927 bits per heavy atom. The molecule has 220 valence electrons. The van der Waals surface area contributed by atoms with Gasteiger partial charge in [0.1, 0.15) is 18.1 Å². The third kappa shape index (κ3) is 8.89. The molecule has 0 fully saturated rings. The summed E-state index contributed by atoms with van der Waals surface area (Å²) in [6, 6.07) is 2.76. The van der Waals surface area contributed by atoms with Crippen molar-refractivity contribution in [1.82, 2.24) is 30.9 Å². The minimum Gasteiger partial charge on any atom is -0.480 e. The first kappa shape index (κ1) is 30.8. The molecule has 2 aromatic heterocycles. The minimum absolute atomic E-state index is 0.0207. The lowest BCUT2D eigenvalue weighted by Gasteiger charge is -2.26. The number of fused-ring (bicyclic) bond motifs is 1. The van der Waals surface area contributed by atoms with Gasteiger partial charge in [0, 0.05) is 35.4 Å². The van der Waals surface area contributed by atoms with E-state index in [9.17, 15) is 29.1 Å². The first-order valence-electron chi connectivity index (χ1n) is 13.1. The maximum Gasteiger partial charge on any atom is 0.326 e. The number of imidazole rings is 1. The van der Waals surface area contributed by atoms with E-state index in [1.807, 2.05) is 38.1 Å². The Hall–Kier alpha value is -4.72. The van der Waals surface area contributed by atoms with Crippen molar-refractivity contribution in [3.05, 3.63) is 54.2 Å². The molecule has 0 radical (unpaired) electrons. The highest BCUT2D eigenvalue weighted by Gasteiger charge is 2.31. The predicted octanol–water partition coefficient (Wildman–Crippen LogP) is -0.536. The monoisotopic (exact) mass is 568 g/mol. The van der Waals surface area contributed by atoms with Gasteiger partial charge in [-0.1, -0.05) is 32.0 Å². The van der Waals surface area contributed by atoms with E-state index < -0.39 is 60.2 Å². The highest BCUT2D eigenvalue weighted by Crippen LogP contribution is 2.19. The van der Waals surface area contributed by atoms with Gasteiger partial charge in [-0.2, -0.15) is 0 Å². The average molecular weight is 569 g/mol. The summed E-state index contributed by atoms with van der Waals surface area (Å²) in [6.45, 7) is 3.64. The van der Waals surface area contributed by atoms with Crippen molar-refractivity contribution in [2.75, 3.05) is 0 Å². The van der Waals surface area contributed by atoms with Gasteiger partial charge in [-0.05, 0) is 30.4 Å². The SMILES string of the molecule is CC(C)CC(NC(=O)C(Cc1cnc[nH]1)NC(=O)C(N)Cc1c[nH]c2ccccc12)C(=O)NC(CC(N)=O)C(=O)O. The molecule has 1 aromatic carbocycles. The van der Waals surface area contributed by atoms with E-state index in [4.69, 9.17) is 11.5 Å². The average Bonchev–Trinajstić information content (AvgIpc) is 3.57. The number of nitrogens with two attached hydrogens (primary N) is 2. The van der Waals surface area contributed by atoms with Crippen LogP contribution in [0.15, 0.2) is 43.0 Å². The van der Waals surface area contributed by atoms with Crippen LogP contribution in [0.1, 0.15) is 37.9 Å². The Kier molecular flexibility index (Phi) is 10.6. The Labute approximate surface area is 236 Å². The maximum absolute atomic E-state index is 13.4. The number of rotatable bonds is 15. The summed E-state index contributed by atoms with van der Waals surface area (Å²) in [4.78, 5) is 72.3. The molecule has 4 atom stereocenters. The fourth-order valence-electron chi connectivity index (χ4n) is 4.38. The van der Waals surface area contributed by atoms with Crippen LogP contribution in [0.2, 0.25) is 0 Å². The Bertz CT molecular complexity index is 1370. The standard InChI is InChI=1S/C27H36N8O6/c1-14(2)7-20(25(38)35-22(27(40)41)10-23(29)36)34-26(39)21(9-16-12-30-13-32-16)33-24(37)18(28)8-15-11-31-19-6-4-3-5-17(15)19/h3-6,11-14,18,20-22,31H,7-10,28H2,1-2H3,(H2,29,36)(H,30,32)(H,33,37)(H,34,39)(H,35,38)(H,40,41). The number of aromatic amines is 2. The van der Waals surface area contributed by atoms with Gasteiger partial charge >= 0.3 is 5.97 Å². The minimum atomic E-state index is -1.56. The largest absolute Gasteiger partial charge is 0.480 e. The first-order chi connectivity index (χ1) is 19.4. The number of carbonyl (C=O) groups excluding carboxylic acids is 4. The highest BCUT2D eigenvalue weighted by atomic mass is 16.4. The van der Waals surface area contributed by atoms with Crippen LogP contribution < -0.4 is 27.4 Å². The van der Waals surface area contributed by atoms with Crippen molar-refractivity contribution in [2.24, 2.45) is 17.4 Å². The summed E-state index contributed by atoms with van der Waals surface area (Å²) >= 11 is 0. The molecular formula is C27H36N8O6. The number of aliphatic carboxylic acids is 1. The fraction of sp³-hybridized carbons (Fsp3) is 0.407. The van der Waals surface area contributed by atoms with Crippen LogP contribution in [0.3, 0.4) is 0 Å². The van der Waals surface area contributed by atoms with Crippen LogP contribution in [-0.4, -0.2) is 73.8 Å². The zero-order valence-electron chi connectivity index (χ0n) is 22.8. The Morgan fingerprint density at radius 2 is 1.59 bits per heavy atom. The van der Waals surface area contributed by atoms with Crippen molar-refractivity contribution in [1.29, 1.82) is 0 Å². The second-order valence-corrected chi connectivity index (χ2v) is 10.3. The zero-order chi connectivity index (χ0) is 30.1. The second kappa shape index (κ2) is 14.1. The van der Waals surface area contributed by atoms with Gasteiger partial charge in [0.15, 0.2) is 0 Å². The first-order valence-corrected chi connectivity index (χ1v) is 13.1. The summed E-state index contributed by atoms with van der Waals surface area (Å²) in [6.07, 6.45) is 4.48. The number of H-pyrrole nitrogens is 2. The van der Waals surface area contributed by atoms with Gasteiger partial charge in [0.2, 0.25) is 23.6 Å². The lowest BCUT2D eigenvalue weighted by molar-refractivity contribution is -0.143. The van der Waals surface area contributed by atoms with E-state index in [0.717, 1.165) is 16.5 Å². The van der Waals surface area contributed by atoms with Crippen LogP contribution in [-0.2, 0) is 36.8 Å². The van der Waals surface area contributed by atoms with Gasteiger partial charge in [-0.25, -0.2) is 9.78 Å². The fourth-order valence-corrected chi connectivity index (χ4v) is 4.38. The normalized spacial score (nSPS) is 14.1. The van der Waals surface area contributed by atoms with E-state index in [-0.39, 0.29) is 25.2 Å². The van der Waals surface area contributed by atoms with Crippen molar-refractivity contribution in [2.45, 2.75) is 63.7 Å². The third-order valence-corrected chi connectivity index (χ3v) is 6.42. The molecule has 3 rings (SSSR count). The molecule has 4 amide bonds. The van der Waals surface area contributed by atoms with Crippen LogP contribution in [0.25, 0.3) is 10.9 Å². The van der Waals surface area contributed by atoms with Gasteiger partial charge in [-0.15, -0.1) is 0 Å². The zero-order valence-corrected chi connectivity index (χ0v) is 22.8. The summed E-state index contributed by atoms with van der Waals surface area (Å²) in [5.74, 6) is -4.49. The molecule has 14 nitrogen and oxygen atoms in total. The summed E-state index contributed by atoms with van der Waals surface area (Å²) in [5.41, 5.74) is 13.6. The topological polar surface area (TPSA) is 238 Å². The Morgan fingerprint density at radius 3 is 2.22 bits per heavy atom. The van der Waals surface area contributed by atoms with E-state index in [1.165, 1.54) is 12.5 Å². The van der Waals surface area contributed by atoms with Crippen molar-refractivity contribution < 1.29 is 29.1 Å². The summed E-state index contributed by atoms with van der Waals surface area (Å²) < 4.78 is 0.